The van der Waals surface area contributed by atoms with Gasteiger partial charge in [0.05, 0.1) is 42.1 Å². The molecule has 0 saturated carbocycles. The molecule has 0 spiro atoms. The van der Waals surface area contributed by atoms with E-state index >= 15 is 0 Å². The first-order valence-electron chi connectivity index (χ1n) is 14.2. The van der Waals surface area contributed by atoms with Gasteiger partial charge in [0.2, 0.25) is 0 Å². The number of carbonyl (C=O) groups excluding carboxylic acids is 2. The lowest BCUT2D eigenvalue weighted by atomic mass is 10.0. The monoisotopic (exact) mass is 845 g/mol. The van der Waals surface area contributed by atoms with Gasteiger partial charge in [0.15, 0.2) is 17.2 Å². The van der Waals surface area contributed by atoms with Gasteiger partial charge < -0.3 is 23.9 Å². The Morgan fingerprint density at radius 3 is 2.36 bits per heavy atom. The third-order valence-electron chi connectivity index (χ3n) is 6.84. The second-order valence-corrected chi connectivity index (χ2v) is 12.8. The van der Waals surface area contributed by atoms with Crippen LogP contribution < -0.4 is 24.4 Å². The van der Waals surface area contributed by atoms with Gasteiger partial charge in [-0.1, -0.05) is 61.7 Å². The van der Waals surface area contributed by atoms with Crippen molar-refractivity contribution in [3.8, 4) is 34.1 Å². The Balaban J connectivity index is 1.46. The van der Waals surface area contributed by atoms with Crippen LogP contribution in [0.5, 0.6) is 23.0 Å². The van der Waals surface area contributed by atoms with Crippen LogP contribution in [-0.2, 0) is 0 Å². The smallest absolute Gasteiger partial charge is 0.343 e. The maximum Gasteiger partial charge on any atom is 0.343 e. The minimum absolute atomic E-state index is 0.194. The van der Waals surface area contributed by atoms with E-state index in [9.17, 15) is 9.59 Å². The molecule has 1 heterocycles. The average Bonchev–Trinajstić information content (AvgIpc) is 3.45. The SMILES string of the molecule is CCOc1ccc(C(=O)Oc2c(Br)cc(Br)cc2C=NNC(=O)c2[nH]c3c(OC)ccc(Br)c3c2-c2ccccc2Cl)cc1OCC. The van der Waals surface area contributed by atoms with E-state index in [-0.39, 0.29) is 17.0 Å². The van der Waals surface area contributed by atoms with Crippen LogP contribution in [0.25, 0.3) is 22.0 Å². The number of nitrogens with zero attached hydrogens (tertiary/aromatic N) is 1. The van der Waals surface area contributed by atoms with Crippen molar-refractivity contribution in [3.63, 3.8) is 0 Å². The summed E-state index contributed by atoms with van der Waals surface area (Å²) in [6.07, 6.45) is 1.38. The highest BCUT2D eigenvalue weighted by molar-refractivity contribution is 9.11. The molecule has 0 unspecified atom stereocenters. The van der Waals surface area contributed by atoms with Gasteiger partial charge in [-0.2, -0.15) is 5.10 Å². The molecule has 0 radical (unpaired) electrons. The molecule has 0 saturated heterocycles. The zero-order valence-electron chi connectivity index (χ0n) is 25.3. The summed E-state index contributed by atoms with van der Waals surface area (Å²) in [5.41, 5.74) is 5.30. The Kier molecular flexibility index (Phi) is 11.3. The van der Waals surface area contributed by atoms with Gasteiger partial charge in [-0.15, -0.1) is 0 Å². The number of hydrogen-bond donors (Lipinski definition) is 2. The van der Waals surface area contributed by atoms with E-state index in [0.29, 0.717) is 66.6 Å². The fourth-order valence-corrected chi connectivity index (χ4v) is 6.94. The summed E-state index contributed by atoms with van der Waals surface area (Å²) < 4.78 is 24.5. The predicted molar refractivity (Wildman–Crippen MR) is 194 cm³/mol. The molecule has 13 heteroatoms. The number of nitrogens with one attached hydrogen (secondary N) is 2. The highest BCUT2D eigenvalue weighted by Gasteiger charge is 2.24. The number of methoxy groups -OCH3 is 1. The van der Waals surface area contributed by atoms with Gasteiger partial charge in [-0.25, -0.2) is 10.2 Å². The zero-order chi connectivity index (χ0) is 33.7. The second-order valence-electron chi connectivity index (χ2n) is 9.78. The fourth-order valence-electron chi connectivity index (χ4n) is 4.84. The minimum Gasteiger partial charge on any atom is -0.495 e. The molecule has 1 amide bonds. The number of benzene rings is 4. The van der Waals surface area contributed by atoms with Crippen molar-refractivity contribution in [2.24, 2.45) is 5.10 Å². The molecule has 1 aromatic heterocycles. The zero-order valence-corrected chi connectivity index (χ0v) is 30.8. The summed E-state index contributed by atoms with van der Waals surface area (Å²) in [5.74, 6) is 0.535. The van der Waals surface area contributed by atoms with Crippen LogP contribution in [-0.4, -0.2) is 43.4 Å². The Hall–Kier alpha value is -3.84. The fraction of sp³-hybridized carbons (Fsp3) is 0.147. The summed E-state index contributed by atoms with van der Waals surface area (Å²) in [6, 6.07) is 19.1. The molecule has 0 aliphatic carbocycles. The Bertz CT molecular complexity index is 2010. The van der Waals surface area contributed by atoms with Gasteiger partial charge in [0, 0.05) is 36.0 Å². The molecule has 0 bridgehead atoms. The number of H-pyrrole nitrogens is 1. The van der Waals surface area contributed by atoms with Crippen LogP contribution >= 0.6 is 59.4 Å². The van der Waals surface area contributed by atoms with Crippen LogP contribution in [0.15, 0.2) is 85.2 Å². The molecule has 5 rings (SSSR count). The van der Waals surface area contributed by atoms with E-state index in [2.05, 4.69) is 63.3 Å². The normalized spacial score (nSPS) is 11.1. The summed E-state index contributed by atoms with van der Waals surface area (Å²) in [6.45, 7) is 4.55. The molecule has 0 fully saturated rings. The van der Waals surface area contributed by atoms with Crippen molar-refractivity contribution >= 4 is 88.4 Å². The molecule has 242 valence electrons. The van der Waals surface area contributed by atoms with Crippen LogP contribution in [0.3, 0.4) is 0 Å². The highest BCUT2D eigenvalue weighted by Crippen LogP contribution is 2.43. The van der Waals surface area contributed by atoms with Gasteiger partial charge >= 0.3 is 5.97 Å². The number of hydrogen-bond acceptors (Lipinski definition) is 7. The van der Waals surface area contributed by atoms with Crippen molar-refractivity contribution < 1.29 is 28.5 Å². The highest BCUT2D eigenvalue weighted by atomic mass is 79.9. The molecule has 0 aliphatic heterocycles. The average molecular weight is 849 g/mol. The quantitative estimate of drug-likeness (QED) is 0.0593. The van der Waals surface area contributed by atoms with E-state index in [1.54, 1.807) is 49.6 Å². The lowest BCUT2D eigenvalue weighted by Gasteiger charge is -2.13. The van der Waals surface area contributed by atoms with Gasteiger partial charge in [-0.05, 0) is 78.3 Å². The molecular formula is C34H27Br3ClN3O6. The first-order valence-corrected chi connectivity index (χ1v) is 17.0. The van der Waals surface area contributed by atoms with Gasteiger partial charge in [0.1, 0.15) is 11.4 Å². The lowest BCUT2D eigenvalue weighted by Crippen LogP contribution is -2.19. The number of hydrazone groups is 1. The summed E-state index contributed by atoms with van der Waals surface area (Å²) in [5, 5.41) is 5.40. The number of carbonyl (C=O) groups is 2. The van der Waals surface area contributed by atoms with Crippen LogP contribution in [0.4, 0.5) is 0 Å². The third-order valence-corrected chi connectivity index (χ3v) is 8.87. The molecule has 0 atom stereocenters. The van der Waals surface area contributed by atoms with Gasteiger partial charge in [-0.3, -0.25) is 4.79 Å². The topological polar surface area (TPSA) is 111 Å². The molecular weight excluding hydrogens is 822 g/mol. The maximum absolute atomic E-state index is 13.7. The number of ether oxygens (including phenoxy) is 4. The predicted octanol–water partition coefficient (Wildman–Crippen LogP) is 9.56. The number of aromatic nitrogens is 1. The summed E-state index contributed by atoms with van der Waals surface area (Å²) >= 11 is 17.2. The molecule has 0 aliphatic rings. The van der Waals surface area contributed by atoms with Crippen molar-refractivity contribution in [1.82, 2.24) is 10.4 Å². The maximum atomic E-state index is 13.7. The van der Waals surface area contributed by atoms with Crippen molar-refractivity contribution in [1.29, 1.82) is 0 Å². The van der Waals surface area contributed by atoms with Crippen molar-refractivity contribution in [2.45, 2.75) is 13.8 Å². The van der Waals surface area contributed by atoms with Crippen LogP contribution in [0.2, 0.25) is 5.02 Å². The van der Waals surface area contributed by atoms with E-state index in [1.165, 1.54) is 6.21 Å². The Morgan fingerprint density at radius 1 is 0.915 bits per heavy atom. The second kappa shape index (κ2) is 15.4. The van der Waals surface area contributed by atoms with Crippen molar-refractivity contribution in [3.05, 3.63) is 102 Å². The Labute approximate surface area is 301 Å². The van der Waals surface area contributed by atoms with E-state index < -0.39 is 11.9 Å². The molecule has 5 aromatic rings. The molecule has 2 N–H and O–H groups in total. The van der Waals surface area contributed by atoms with Gasteiger partial charge in [0.25, 0.3) is 5.91 Å². The number of amides is 1. The molecule has 4 aromatic carbocycles. The van der Waals surface area contributed by atoms with Crippen molar-refractivity contribution in [2.75, 3.05) is 20.3 Å². The molecule has 47 heavy (non-hydrogen) atoms. The first kappa shape index (κ1) is 34.5. The minimum atomic E-state index is -0.627. The number of fused-ring (bicyclic) bond motifs is 1. The van der Waals surface area contributed by atoms with E-state index in [1.807, 2.05) is 38.1 Å². The third kappa shape index (κ3) is 7.51. The van der Waals surface area contributed by atoms with Crippen LogP contribution in [0, 0.1) is 0 Å². The number of esters is 1. The number of aromatic amines is 1. The van der Waals surface area contributed by atoms with E-state index in [4.69, 9.17) is 30.5 Å². The number of halogens is 4. The summed E-state index contributed by atoms with van der Waals surface area (Å²) in [7, 11) is 1.55. The molecule has 9 nitrogen and oxygen atoms in total. The first-order chi connectivity index (χ1) is 22.7. The van der Waals surface area contributed by atoms with Crippen LogP contribution in [0.1, 0.15) is 40.3 Å². The Morgan fingerprint density at radius 2 is 1.64 bits per heavy atom. The number of rotatable bonds is 11. The largest absolute Gasteiger partial charge is 0.495 e. The standard InChI is InChI=1S/C34H27Br3ClN3O6/c1-4-45-25-12-10-18(15-27(25)46-5-2)34(43)47-32-19(14-20(35)16-23(32)37)17-39-41-33(42)31-28(21-8-6-7-9-24(21)38)29-22(36)11-13-26(44-3)30(29)40-31/h6-17,40H,4-5H2,1-3H3,(H,41,42). The van der Waals surface area contributed by atoms with E-state index in [0.717, 1.165) is 9.86 Å². The summed E-state index contributed by atoms with van der Waals surface area (Å²) in [4.78, 5) is 30.1. The lowest BCUT2D eigenvalue weighted by molar-refractivity contribution is 0.0732.